The number of ether oxygens (including phenoxy) is 2. The number of halogens is 3. The smallest absolute Gasteiger partial charge is 0.389 e. The number of alkyl halides is 3. The van der Waals surface area contributed by atoms with E-state index in [2.05, 4.69) is 4.72 Å². The zero-order valence-electron chi connectivity index (χ0n) is 27.5. The number of aliphatic hydroxyl groups excluding tert-OH is 1. The number of carbonyl (C=O) groups excluding carboxylic acids is 2. The summed E-state index contributed by atoms with van der Waals surface area (Å²) in [6.45, 7) is 7.18. The average molecular weight is 686 g/mol. The summed E-state index contributed by atoms with van der Waals surface area (Å²) >= 11 is 0. The van der Waals surface area contributed by atoms with E-state index in [1.165, 1.54) is 41.1 Å². The van der Waals surface area contributed by atoms with Crippen molar-refractivity contribution in [3.63, 3.8) is 0 Å². The SMILES string of the molecule is Cc1ccc(S(=O)(=O)Nc2ccc3c(c2)C(=O)N([C@H](C)CO)C[C@@H](C)[C@@H](CN(C)C(=O)CCC(F)(F)F)OCCCC[C@H](C)O3)cc1. The number of aryl methyl sites for hydroxylation is 1. The van der Waals surface area contributed by atoms with Gasteiger partial charge in [0.25, 0.3) is 15.9 Å². The Labute approximate surface area is 275 Å². The number of nitrogens with zero attached hydrogens (tertiary/aromatic N) is 2. The summed E-state index contributed by atoms with van der Waals surface area (Å²) in [5.41, 5.74) is 1.12. The van der Waals surface area contributed by atoms with Crippen LogP contribution in [-0.2, 0) is 19.6 Å². The molecule has 1 heterocycles. The van der Waals surface area contributed by atoms with Gasteiger partial charge >= 0.3 is 6.18 Å². The van der Waals surface area contributed by atoms with Gasteiger partial charge < -0.3 is 24.4 Å². The zero-order valence-corrected chi connectivity index (χ0v) is 28.4. The van der Waals surface area contributed by atoms with Crippen LogP contribution < -0.4 is 9.46 Å². The molecule has 0 aromatic heterocycles. The lowest BCUT2D eigenvalue weighted by Crippen LogP contribution is -2.48. The molecule has 2 amide bonds. The maximum absolute atomic E-state index is 14.2. The molecule has 2 aromatic carbocycles. The lowest BCUT2D eigenvalue weighted by atomic mass is 10.0. The summed E-state index contributed by atoms with van der Waals surface area (Å²) in [7, 11) is -2.56. The molecular weight excluding hydrogens is 639 g/mol. The van der Waals surface area contributed by atoms with Crippen LogP contribution in [0.25, 0.3) is 0 Å². The van der Waals surface area contributed by atoms with Crippen molar-refractivity contribution in [1.82, 2.24) is 9.80 Å². The molecule has 47 heavy (non-hydrogen) atoms. The van der Waals surface area contributed by atoms with Crippen LogP contribution in [-0.4, -0.2) is 92.9 Å². The quantitative estimate of drug-likeness (QED) is 0.363. The Kier molecular flexibility index (Phi) is 13.5. The minimum absolute atomic E-state index is 0.00837. The van der Waals surface area contributed by atoms with Crippen LogP contribution in [0.15, 0.2) is 47.4 Å². The fourth-order valence-electron chi connectivity index (χ4n) is 5.19. The summed E-state index contributed by atoms with van der Waals surface area (Å²) in [5.74, 6) is -1.36. The summed E-state index contributed by atoms with van der Waals surface area (Å²) in [5, 5.41) is 10.1. The molecule has 10 nitrogen and oxygen atoms in total. The summed E-state index contributed by atoms with van der Waals surface area (Å²) in [4.78, 5) is 29.5. The van der Waals surface area contributed by atoms with Crippen LogP contribution >= 0.6 is 0 Å². The van der Waals surface area contributed by atoms with Crippen molar-refractivity contribution in [1.29, 1.82) is 0 Å². The molecular formula is C33H46F3N3O7S. The number of hydrogen-bond donors (Lipinski definition) is 2. The first-order valence-electron chi connectivity index (χ1n) is 15.7. The Hall–Kier alpha value is -3.36. The third-order valence-electron chi connectivity index (χ3n) is 8.14. The number of sulfonamides is 1. The first-order valence-corrected chi connectivity index (χ1v) is 17.2. The van der Waals surface area contributed by atoms with Crippen LogP contribution in [0.4, 0.5) is 18.9 Å². The number of benzene rings is 2. The normalized spacial score (nSPS) is 20.8. The molecule has 0 radical (unpaired) electrons. The van der Waals surface area contributed by atoms with Gasteiger partial charge in [-0.05, 0) is 70.4 Å². The number of carbonyl (C=O) groups is 2. The van der Waals surface area contributed by atoms with E-state index in [1.54, 1.807) is 32.0 Å². The number of fused-ring (bicyclic) bond motifs is 1. The molecule has 14 heteroatoms. The number of nitrogens with one attached hydrogen (secondary N) is 1. The maximum Gasteiger partial charge on any atom is 0.389 e. The second-order valence-corrected chi connectivity index (χ2v) is 14.0. The predicted molar refractivity (Wildman–Crippen MR) is 172 cm³/mol. The number of aliphatic hydroxyl groups is 1. The van der Waals surface area contributed by atoms with Crippen molar-refractivity contribution in [2.24, 2.45) is 5.92 Å². The molecule has 1 aliphatic rings. The van der Waals surface area contributed by atoms with Crippen molar-refractivity contribution >= 4 is 27.5 Å². The Morgan fingerprint density at radius 1 is 1.15 bits per heavy atom. The van der Waals surface area contributed by atoms with Gasteiger partial charge in [0, 0.05) is 44.8 Å². The Bertz CT molecular complexity index is 1450. The molecule has 0 spiro atoms. The Morgan fingerprint density at radius 3 is 2.47 bits per heavy atom. The van der Waals surface area contributed by atoms with E-state index in [-0.39, 0.29) is 47.7 Å². The number of anilines is 1. The fraction of sp³-hybridized carbons (Fsp3) is 0.576. The molecule has 2 aromatic rings. The first-order chi connectivity index (χ1) is 22.0. The minimum Gasteiger partial charge on any atom is -0.490 e. The van der Waals surface area contributed by atoms with Gasteiger partial charge in [0.2, 0.25) is 5.91 Å². The van der Waals surface area contributed by atoms with Gasteiger partial charge in [-0.3, -0.25) is 14.3 Å². The monoisotopic (exact) mass is 685 g/mol. The minimum atomic E-state index is -4.46. The van der Waals surface area contributed by atoms with Gasteiger partial charge in [-0.1, -0.05) is 24.6 Å². The average Bonchev–Trinajstić information content (AvgIpc) is 3.00. The molecule has 0 fully saturated rings. The lowest BCUT2D eigenvalue weighted by Gasteiger charge is -2.36. The molecule has 2 N–H and O–H groups in total. The highest BCUT2D eigenvalue weighted by molar-refractivity contribution is 7.92. The van der Waals surface area contributed by atoms with Gasteiger partial charge in [0.15, 0.2) is 0 Å². The molecule has 0 saturated heterocycles. The molecule has 1 aliphatic heterocycles. The number of hydrogen-bond acceptors (Lipinski definition) is 7. The molecule has 0 saturated carbocycles. The lowest BCUT2D eigenvalue weighted by molar-refractivity contribution is -0.149. The highest BCUT2D eigenvalue weighted by Crippen LogP contribution is 2.30. The molecule has 0 unspecified atom stereocenters. The molecule has 3 rings (SSSR count). The van der Waals surface area contributed by atoms with Crippen LogP contribution in [0.3, 0.4) is 0 Å². The molecule has 4 atom stereocenters. The number of rotatable bonds is 9. The van der Waals surface area contributed by atoms with Crippen molar-refractivity contribution in [2.45, 2.75) is 89.1 Å². The third-order valence-corrected chi connectivity index (χ3v) is 9.53. The van der Waals surface area contributed by atoms with Crippen LogP contribution in [0, 0.1) is 12.8 Å². The van der Waals surface area contributed by atoms with Crippen LogP contribution in [0.5, 0.6) is 5.75 Å². The standard InChI is InChI=1S/C33H46F3N3O7S/c1-22-9-12-27(13-10-22)47(43,44)37-26-11-14-29-28(18-26)32(42)39(24(3)21-40)19-23(2)30(45-17-7-6-8-25(4)46-29)20-38(5)31(41)15-16-33(34,35)36/h9-14,18,23-25,30,37,40H,6-8,15-17,19-21H2,1-5H3/t23-,24-,25+,30-/m1/s1. The van der Waals surface area contributed by atoms with Gasteiger partial charge in [0.05, 0.1) is 41.7 Å². The van der Waals surface area contributed by atoms with E-state index in [0.717, 1.165) is 5.56 Å². The van der Waals surface area contributed by atoms with Crippen molar-refractivity contribution in [3.05, 3.63) is 53.6 Å². The van der Waals surface area contributed by atoms with Gasteiger partial charge in [-0.2, -0.15) is 13.2 Å². The second-order valence-electron chi connectivity index (χ2n) is 12.3. The van der Waals surface area contributed by atoms with Crippen LogP contribution in [0.1, 0.15) is 68.8 Å². The van der Waals surface area contributed by atoms with E-state index in [0.29, 0.717) is 25.9 Å². The second kappa shape index (κ2) is 16.6. The van der Waals surface area contributed by atoms with Crippen molar-refractivity contribution < 1.29 is 45.8 Å². The van der Waals surface area contributed by atoms with Crippen LogP contribution in [0.2, 0.25) is 0 Å². The zero-order chi connectivity index (χ0) is 34.9. The van der Waals surface area contributed by atoms with Crippen molar-refractivity contribution in [3.8, 4) is 5.75 Å². The third kappa shape index (κ3) is 11.4. The number of likely N-dealkylation sites (N-methyl/N-ethyl adjacent to an activating group) is 1. The number of amides is 2. The van der Waals surface area contributed by atoms with Crippen molar-refractivity contribution in [2.75, 3.05) is 38.1 Å². The summed E-state index contributed by atoms with van der Waals surface area (Å²) in [6, 6.07) is 10.1. The highest BCUT2D eigenvalue weighted by Gasteiger charge is 2.32. The van der Waals surface area contributed by atoms with Gasteiger partial charge in [0.1, 0.15) is 5.75 Å². The van der Waals surface area contributed by atoms with Gasteiger partial charge in [-0.25, -0.2) is 8.42 Å². The van der Waals surface area contributed by atoms with E-state index >= 15 is 0 Å². The maximum atomic E-state index is 14.2. The predicted octanol–water partition coefficient (Wildman–Crippen LogP) is 5.39. The highest BCUT2D eigenvalue weighted by atomic mass is 32.2. The summed E-state index contributed by atoms with van der Waals surface area (Å²) in [6.07, 6.45) is -5.31. The first kappa shape index (κ1) is 38.1. The molecule has 0 aliphatic carbocycles. The fourth-order valence-corrected chi connectivity index (χ4v) is 6.24. The van der Waals surface area contributed by atoms with Gasteiger partial charge in [-0.15, -0.1) is 0 Å². The van der Waals surface area contributed by atoms with E-state index < -0.39 is 58.9 Å². The Morgan fingerprint density at radius 2 is 1.83 bits per heavy atom. The Balaban J connectivity index is 1.95. The summed E-state index contributed by atoms with van der Waals surface area (Å²) < 4.78 is 79.4. The topological polar surface area (TPSA) is 125 Å². The van der Waals surface area contributed by atoms with E-state index in [1.807, 2.05) is 13.8 Å². The van der Waals surface area contributed by atoms with E-state index in [4.69, 9.17) is 9.47 Å². The van der Waals surface area contributed by atoms with E-state index in [9.17, 15) is 36.3 Å². The molecule has 262 valence electrons. The largest absolute Gasteiger partial charge is 0.490 e. The molecule has 0 bridgehead atoms.